The van der Waals surface area contributed by atoms with Gasteiger partial charge in [0.25, 0.3) is 21.6 Å². The van der Waals surface area contributed by atoms with Crippen LogP contribution in [0.1, 0.15) is 21.5 Å². The number of carbonyl (C=O) groups excluding carboxylic acids is 1. The third-order valence-electron chi connectivity index (χ3n) is 4.48. The predicted molar refractivity (Wildman–Crippen MR) is 114 cm³/mol. The highest BCUT2D eigenvalue weighted by Crippen LogP contribution is 2.24. The van der Waals surface area contributed by atoms with Crippen LogP contribution < -0.4 is 10.0 Å². The summed E-state index contributed by atoms with van der Waals surface area (Å²) in [6, 6.07) is 16.6. The second-order valence-corrected chi connectivity index (χ2v) is 8.34. The number of nitro groups is 1. The highest BCUT2D eigenvalue weighted by atomic mass is 32.2. The Kier molecular flexibility index (Phi) is 5.84. The van der Waals surface area contributed by atoms with Gasteiger partial charge in [0.15, 0.2) is 0 Å². The number of hydrogen-bond acceptors (Lipinski definition) is 5. The van der Waals surface area contributed by atoms with Crippen LogP contribution >= 0.6 is 0 Å². The molecule has 0 radical (unpaired) electrons. The van der Waals surface area contributed by atoms with Crippen LogP contribution in [0.15, 0.2) is 71.6 Å². The van der Waals surface area contributed by atoms with Crippen molar-refractivity contribution in [3.8, 4) is 0 Å². The number of hydrogen-bond donors (Lipinski definition) is 2. The molecule has 8 nitrogen and oxygen atoms in total. The van der Waals surface area contributed by atoms with Crippen molar-refractivity contribution in [1.29, 1.82) is 0 Å². The molecule has 9 heteroatoms. The molecule has 0 heterocycles. The number of non-ortho nitro benzene ring substituents is 1. The Hall–Kier alpha value is -3.72. The number of anilines is 2. The first-order valence-corrected chi connectivity index (χ1v) is 10.4. The van der Waals surface area contributed by atoms with Gasteiger partial charge in [-0.05, 0) is 49.2 Å². The molecule has 0 aliphatic rings. The van der Waals surface area contributed by atoms with Gasteiger partial charge in [0, 0.05) is 17.7 Å². The Morgan fingerprint density at radius 2 is 1.60 bits per heavy atom. The minimum absolute atomic E-state index is 0.0748. The van der Waals surface area contributed by atoms with E-state index in [4.69, 9.17) is 0 Å². The van der Waals surface area contributed by atoms with Gasteiger partial charge in [-0.15, -0.1) is 0 Å². The van der Waals surface area contributed by atoms with Crippen LogP contribution in [-0.2, 0) is 10.0 Å². The lowest BCUT2D eigenvalue weighted by molar-refractivity contribution is -0.384. The summed E-state index contributed by atoms with van der Waals surface area (Å²) >= 11 is 0. The fourth-order valence-corrected chi connectivity index (χ4v) is 3.92. The summed E-state index contributed by atoms with van der Waals surface area (Å²) in [6.45, 7) is 3.48. The fraction of sp³-hybridized carbons (Fsp3) is 0.0952. The van der Waals surface area contributed by atoms with Gasteiger partial charge in [-0.2, -0.15) is 0 Å². The predicted octanol–water partition coefficient (Wildman–Crippen LogP) is 4.26. The number of amides is 1. The molecule has 0 atom stereocenters. The lowest BCUT2D eigenvalue weighted by atomic mass is 10.1. The van der Waals surface area contributed by atoms with Crippen molar-refractivity contribution < 1.29 is 18.1 Å². The third-order valence-corrected chi connectivity index (χ3v) is 5.84. The van der Waals surface area contributed by atoms with E-state index in [1.807, 2.05) is 0 Å². The Labute approximate surface area is 173 Å². The lowest BCUT2D eigenvalue weighted by Crippen LogP contribution is -2.16. The van der Waals surface area contributed by atoms with E-state index in [-0.39, 0.29) is 21.8 Å². The Morgan fingerprint density at radius 1 is 0.900 bits per heavy atom. The summed E-state index contributed by atoms with van der Waals surface area (Å²) in [5, 5.41) is 13.6. The van der Waals surface area contributed by atoms with Gasteiger partial charge in [-0.1, -0.05) is 30.3 Å². The van der Waals surface area contributed by atoms with Crippen molar-refractivity contribution in [3.05, 3.63) is 93.5 Å². The highest BCUT2D eigenvalue weighted by Gasteiger charge is 2.18. The van der Waals surface area contributed by atoms with Crippen molar-refractivity contribution in [2.45, 2.75) is 18.7 Å². The molecule has 0 unspecified atom stereocenters. The Balaban J connectivity index is 1.86. The number of para-hydroxylation sites is 1. The molecular formula is C21H19N3O5S. The minimum atomic E-state index is -3.91. The molecule has 0 saturated carbocycles. The van der Waals surface area contributed by atoms with Gasteiger partial charge < -0.3 is 5.32 Å². The molecule has 0 spiro atoms. The molecule has 3 aromatic rings. The largest absolute Gasteiger partial charge is 0.321 e. The van der Waals surface area contributed by atoms with Crippen molar-refractivity contribution in [1.82, 2.24) is 0 Å². The van der Waals surface area contributed by atoms with Gasteiger partial charge in [0.2, 0.25) is 0 Å². The van der Waals surface area contributed by atoms with Crippen molar-refractivity contribution in [2.24, 2.45) is 0 Å². The number of nitrogens with one attached hydrogen (secondary N) is 2. The van der Waals surface area contributed by atoms with E-state index in [0.717, 1.165) is 5.56 Å². The Bertz CT molecular complexity index is 1240. The standard InChI is InChI=1S/C21H19N3O5S/c1-14-6-3-4-9-19(14)23-30(28,29)18-8-5-7-16(12-18)21(25)22-20-13-17(24(26)27)11-10-15(20)2/h3-13,23H,1-2H3,(H,22,25). The van der Waals surface area contributed by atoms with Crippen LogP contribution in [0.4, 0.5) is 17.1 Å². The average Bonchev–Trinajstić information content (AvgIpc) is 2.71. The van der Waals surface area contributed by atoms with Gasteiger partial charge in [-0.25, -0.2) is 8.42 Å². The molecule has 0 fully saturated rings. The maximum absolute atomic E-state index is 12.7. The van der Waals surface area contributed by atoms with Crippen molar-refractivity contribution in [2.75, 3.05) is 10.0 Å². The van der Waals surface area contributed by atoms with Crippen LogP contribution in [0.2, 0.25) is 0 Å². The zero-order chi connectivity index (χ0) is 21.9. The van der Waals surface area contributed by atoms with Gasteiger partial charge >= 0.3 is 0 Å². The quantitative estimate of drug-likeness (QED) is 0.452. The van der Waals surface area contributed by atoms with E-state index in [0.29, 0.717) is 11.3 Å². The second-order valence-electron chi connectivity index (χ2n) is 6.66. The molecule has 154 valence electrons. The number of nitro benzene ring substituents is 1. The summed E-state index contributed by atoms with van der Waals surface area (Å²) in [5.41, 5.74) is 2.07. The molecule has 1 amide bonds. The minimum Gasteiger partial charge on any atom is -0.321 e. The molecule has 0 bridgehead atoms. The second kappa shape index (κ2) is 8.34. The monoisotopic (exact) mass is 425 g/mol. The molecule has 0 aliphatic carbocycles. The van der Waals surface area contributed by atoms with Crippen LogP contribution in [-0.4, -0.2) is 19.2 Å². The number of benzene rings is 3. The molecule has 2 N–H and O–H groups in total. The van der Waals surface area contributed by atoms with Crippen molar-refractivity contribution in [3.63, 3.8) is 0 Å². The molecule has 0 saturated heterocycles. The molecule has 3 aromatic carbocycles. The summed E-state index contributed by atoms with van der Waals surface area (Å²) in [4.78, 5) is 23.0. The summed E-state index contributed by atoms with van der Waals surface area (Å²) in [7, 11) is -3.91. The fourth-order valence-electron chi connectivity index (χ4n) is 2.75. The average molecular weight is 425 g/mol. The normalized spacial score (nSPS) is 11.0. The van der Waals surface area contributed by atoms with E-state index in [1.54, 1.807) is 38.1 Å². The van der Waals surface area contributed by atoms with Crippen LogP contribution in [0.25, 0.3) is 0 Å². The zero-order valence-electron chi connectivity index (χ0n) is 16.2. The maximum Gasteiger partial charge on any atom is 0.271 e. The van der Waals surface area contributed by atoms with Gasteiger partial charge in [0.1, 0.15) is 0 Å². The van der Waals surface area contributed by atoms with Crippen molar-refractivity contribution >= 4 is 33.0 Å². The Morgan fingerprint density at radius 3 is 2.30 bits per heavy atom. The molecule has 3 rings (SSSR count). The van der Waals surface area contributed by atoms with Crippen LogP contribution in [0.3, 0.4) is 0 Å². The molecule has 30 heavy (non-hydrogen) atoms. The van der Waals surface area contributed by atoms with E-state index in [9.17, 15) is 23.3 Å². The first-order valence-electron chi connectivity index (χ1n) is 8.92. The smallest absolute Gasteiger partial charge is 0.271 e. The van der Waals surface area contributed by atoms with Gasteiger partial charge in [0.05, 0.1) is 21.2 Å². The molecular weight excluding hydrogens is 406 g/mol. The number of carbonyl (C=O) groups is 1. The van der Waals surface area contributed by atoms with E-state index >= 15 is 0 Å². The number of rotatable bonds is 6. The molecule has 0 aromatic heterocycles. The number of nitrogens with zero attached hydrogens (tertiary/aromatic N) is 1. The lowest BCUT2D eigenvalue weighted by Gasteiger charge is -2.12. The van der Waals surface area contributed by atoms with E-state index in [1.165, 1.54) is 42.5 Å². The SMILES string of the molecule is Cc1ccc([N+](=O)[O-])cc1NC(=O)c1cccc(S(=O)(=O)Nc2ccccc2C)c1. The van der Waals surface area contributed by atoms with E-state index in [2.05, 4.69) is 10.0 Å². The number of aryl methyl sites for hydroxylation is 2. The highest BCUT2D eigenvalue weighted by molar-refractivity contribution is 7.92. The third kappa shape index (κ3) is 4.64. The first kappa shape index (κ1) is 21.0. The summed E-state index contributed by atoms with van der Waals surface area (Å²) in [5.74, 6) is -0.577. The van der Waals surface area contributed by atoms with Crippen LogP contribution in [0.5, 0.6) is 0 Å². The number of sulfonamides is 1. The zero-order valence-corrected chi connectivity index (χ0v) is 17.1. The summed E-state index contributed by atoms with van der Waals surface area (Å²) in [6.07, 6.45) is 0. The van der Waals surface area contributed by atoms with Crippen LogP contribution in [0, 0.1) is 24.0 Å². The summed E-state index contributed by atoms with van der Waals surface area (Å²) < 4.78 is 28.0. The van der Waals surface area contributed by atoms with Gasteiger partial charge in [-0.3, -0.25) is 19.6 Å². The first-order chi connectivity index (χ1) is 14.2. The topological polar surface area (TPSA) is 118 Å². The maximum atomic E-state index is 12.7. The molecule has 0 aliphatic heterocycles. The van der Waals surface area contributed by atoms with E-state index < -0.39 is 20.9 Å².